The molecule has 0 bridgehead atoms. The number of rotatable bonds is 3. The van der Waals surface area contributed by atoms with Gasteiger partial charge in [-0.25, -0.2) is 10.3 Å². The standard InChI is InChI=1S/C13H17N3O3/c17-13(16-19-12-3-1-2-6-18-12)9-7-10-11(8-9)15-5-4-14-10/h4-5,9,12H,1-3,6-8H2,(H,16,17). The van der Waals surface area contributed by atoms with Crippen LogP contribution in [0, 0.1) is 5.92 Å². The Balaban J connectivity index is 1.49. The zero-order valence-electron chi connectivity index (χ0n) is 10.7. The highest BCUT2D eigenvalue weighted by molar-refractivity contribution is 5.78. The zero-order valence-corrected chi connectivity index (χ0v) is 10.7. The third-order valence-corrected chi connectivity index (χ3v) is 3.54. The molecule has 1 amide bonds. The van der Waals surface area contributed by atoms with Gasteiger partial charge in [-0.15, -0.1) is 0 Å². The summed E-state index contributed by atoms with van der Waals surface area (Å²) < 4.78 is 5.39. The van der Waals surface area contributed by atoms with Crippen LogP contribution in [0.1, 0.15) is 30.7 Å². The maximum atomic E-state index is 12.0. The van der Waals surface area contributed by atoms with Crippen LogP contribution in [0.2, 0.25) is 0 Å². The molecule has 3 rings (SSSR count). The lowest BCUT2D eigenvalue weighted by atomic mass is 10.1. The van der Waals surface area contributed by atoms with Gasteiger partial charge in [-0.3, -0.25) is 14.8 Å². The molecule has 1 aliphatic carbocycles. The van der Waals surface area contributed by atoms with E-state index >= 15 is 0 Å². The molecule has 0 aromatic carbocycles. The van der Waals surface area contributed by atoms with Gasteiger partial charge in [0.25, 0.3) is 0 Å². The van der Waals surface area contributed by atoms with Gasteiger partial charge in [0, 0.05) is 38.3 Å². The van der Waals surface area contributed by atoms with E-state index < -0.39 is 0 Å². The van der Waals surface area contributed by atoms with E-state index in [9.17, 15) is 4.79 Å². The molecule has 1 fully saturated rings. The zero-order chi connectivity index (χ0) is 13.1. The van der Waals surface area contributed by atoms with Crippen molar-refractivity contribution < 1.29 is 14.4 Å². The largest absolute Gasteiger partial charge is 0.350 e. The number of carbonyl (C=O) groups is 1. The van der Waals surface area contributed by atoms with Crippen LogP contribution in [0.3, 0.4) is 0 Å². The molecule has 1 unspecified atom stereocenters. The Hall–Kier alpha value is -1.53. The summed E-state index contributed by atoms with van der Waals surface area (Å²) in [6.07, 6.45) is 7.23. The van der Waals surface area contributed by atoms with Crippen molar-refractivity contribution in [2.75, 3.05) is 6.61 Å². The smallest absolute Gasteiger partial charge is 0.247 e. The molecule has 6 nitrogen and oxygen atoms in total. The second-order valence-electron chi connectivity index (χ2n) is 4.94. The monoisotopic (exact) mass is 263 g/mol. The maximum absolute atomic E-state index is 12.0. The third-order valence-electron chi connectivity index (χ3n) is 3.54. The van der Waals surface area contributed by atoms with Crippen LogP contribution in [0.5, 0.6) is 0 Å². The number of aromatic nitrogens is 2. The van der Waals surface area contributed by atoms with Crippen molar-refractivity contribution in [3.8, 4) is 0 Å². The van der Waals surface area contributed by atoms with Gasteiger partial charge >= 0.3 is 0 Å². The molecule has 19 heavy (non-hydrogen) atoms. The quantitative estimate of drug-likeness (QED) is 0.815. The fourth-order valence-electron chi connectivity index (χ4n) is 2.47. The molecule has 1 aromatic rings. The van der Waals surface area contributed by atoms with E-state index in [-0.39, 0.29) is 18.1 Å². The van der Waals surface area contributed by atoms with Gasteiger partial charge in [0.05, 0.1) is 17.3 Å². The Morgan fingerprint density at radius 1 is 1.26 bits per heavy atom. The second-order valence-corrected chi connectivity index (χ2v) is 4.94. The number of hydrogen-bond acceptors (Lipinski definition) is 5. The van der Waals surface area contributed by atoms with Crippen molar-refractivity contribution >= 4 is 5.91 Å². The Kier molecular flexibility index (Phi) is 3.70. The van der Waals surface area contributed by atoms with Crippen molar-refractivity contribution in [3.05, 3.63) is 23.8 Å². The summed E-state index contributed by atoms with van der Waals surface area (Å²) in [5.74, 6) is -0.255. The SMILES string of the molecule is O=C(NOC1CCCCO1)C1Cc2nccnc2C1. The van der Waals surface area contributed by atoms with Crippen molar-refractivity contribution in [2.45, 2.75) is 38.4 Å². The summed E-state index contributed by atoms with van der Waals surface area (Å²) in [7, 11) is 0. The number of fused-ring (bicyclic) bond motifs is 1. The lowest BCUT2D eigenvalue weighted by molar-refractivity contribution is -0.202. The van der Waals surface area contributed by atoms with E-state index in [0.29, 0.717) is 19.4 Å². The van der Waals surface area contributed by atoms with Gasteiger partial charge in [-0.2, -0.15) is 0 Å². The predicted octanol–water partition coefficient (Wildman–Crippen LogP) is 0.766. The van der Waals surface area contributed by atoms with E-state index in [4.69, 9.17) is 9.57 Å². The Bertz CT molecular complexity index is 435. The fraction of sp³-hybridized carbons (Fsp3) is 0.615. The van der Waals surface area contributed by atoms with Crippen LogP contribution in [0.15, 0.2) is 12.4 Å². The average molecular weight is 263 g/mol. The first-order valence-electron chi connectivity index (χ1n) is 6.69. The minimum Gasteiger partial charge on any atom is -0.350 e. The summed E-state index contributed by atoms with van der Waals surface area (Å²) in [4.78, 5) is 25.8. The number of hydrogen-bond donors (Lipinski definition) is 1. The first-order valence-corrected chi connectivity index (χ1v) is 6.69. The molecule has 2 aliphatic rings. The van der Waals surface area contributed by atoms with Gasteiger partial charge in [0.15, 0.2) is 6.29 Å². The summed E-state index contributed by atoms with van der Waals surface area (Å²) >= 11 is 0. The van der Waals surface area contributed by atoms with Gasteiger partial charge in [-0.1, -0.05) is 0 Å². The van der Waals surface area contributed by atoms with Crippen LogP contribution in [-0.2, 0) is 27.2 Å². The topological polar surface area (TPSA) is 73.3 Å². The number of ether oxygens (including phenoxy) is 1. The average Bonchev–Trinajstić information content (AvgIpc) is 2.90. The molecule has 0 spiro atoms. The molecule has 1 atom stereocenters. The first kappa shape index (κ1) is 12.5. The number of carbonyl (C=O) groups excluding carboxylic acids is 1. The molecule has 1 saturated heterocycles. The van der Waals surface area contributed by atoms with E-state index in [1.54, 1.807) is 12.4 Å². The van der Waals surface area contributed by atoms with Gasteiger partial charge in [-0.05, 0) is 12.8 Å². The molecular weight excluding hydrogens is 246 g/mol. The summed E-state index contributed by atoms with van der Waals surface area (Å²) in [5, 5.41) is 0. The first-order chi connectivity index (χ1) is 9.33. The van der Waals surface area contributed by atoms with Crippen LogP contribution in [-0.4, -0.2) is 28.8 Å². The summed E-state index contributed by atoms with van der Waals surface area (Å²) in [6.45, 7) is 0.698. The van der Waals surface area contributed by atoms with Crippen molar-refractivity contribution in [1.82, 2.24) is 15.4 Å². The highest BCUT2D eigenvalue weighted by Gasteiger charge is 2.30. The predicted molar refractivity (Wildman–Crippen MR) is 65.7 cm³/mol. The Morgan fingerprint density at radius 2 is 2.00 bits per heavy atom. The normalized spacial score (nSPS) is 23.1. The molecule has 6 heteroatoms. The van der Waals surface area contributed by atoms with Crippen LogP contribution in [0.25, 0.3) is 0 Å². The van der Waals surface area contributed by atoms with Crippen LogP contribution < -0.4 is 5.48 Å². The van der Waals surface area contributed by atoms with E-state index in [1.807, 2.05) is 0 Å². The lowest BCUT2D eigenvalue weighted by Crippen LogP contribution is -2.36. The van der Waals surface area contributed by atoms with Crippen molar-refractivity contribution in [3.63, 3.8) is 0 Å². The van der Waals surface area contributed by atoms with Crippen molar-refractivity contribution in [2.24, 2.45) is 5.92 Å². The molecule has 1 aliphatic heterocycles. The summed E-state index contributed by atoms with van der Waals surface area (Å²) in [6, 6.07) is 0. The van der Waals surface area contributed by atoms with E-state index in [0.717, 1.165) is 30.7 Å². The van der Waals surface area contributed by atoms with Gasteiger partial charge in [0.1, 0.15) is 0 Å². The molecule has 2 heterocycles. The van der Waals surface area contributed by atoms with Crippen LogP contribution >= 0.6 is 0 Å². The minimum absolute atomic E-state index is 0.117. The second kappa shape index (κ2) is 5.63. The van der Waals surface area contributed by atoms with E-state index in [2.05, 4.69) is 15.4 Å². The molecule has 1 aromatic heterocycles. The maximum Gasteiger partial charge on any atom is 0.247 e. The fourth-order valence-corrected chi connectivity index (χ4v) is 2.47. The third kappa shape index (κ3) is 2.90. The Morgan fingerprint density at radius 3 is 2.63 bits per heavy atom. The number of nitrogens with one attached hydrogen (secondary N) is 1. The lowest BCUT2D eigenvalue weighted by Gasteiger charge is -2.22. The molecule has 102 valence electrons. The minimum atomic E-state index is -0.308. The molecular formula is C13H17N3O3. The molecule has 0 saturated carbocycles. The summed E-state index contributed by atoms with van der Waals surface area (Å²) in [5.41, 5.74) is 4.34. The van der Waals surface area contributed by atoms with E-state index in [1.165, 1.54) is 0 Å². The Labute approximate surface area is 111 Å². The van der Waals surface area contributed by atoms with Crippen molar-refractivity contribution in [1.29, 1.82) is 0 Å². The highest BCUT2D eigenvalue weighted by Crippen LogP contribution is 2.23. The van der Waals surface area contributed by atoms with Gasteiger partial charge < -0.3 is 4.74 Å². The van der Waals surface area contributed by atoms with Gasteiger partial charge in [0.2, 0.25) is 5.91 Å². The number of nitrogens with zero attached hydrogens (tertiary/aromatic N) is 2. The van der Waals surface area contributed by atoms with Crippen LogP contribution in [0.4, 0.5) is 0 Å². The molecule has 0 radical (unpaired) electrons. The number of hydroxylamine groups is 1. The highest BCUT2D eigenvalue weighted by atomic mass is 16.8. The number of amides is 1. The molecule has 1 N–H and O–H groups in total.